The van der Waals surface area contributed by atoms with Gasteiger partial charge in [0.2, 0.25) is 0 Å². The van der Waals surface area contributed by atoms with Gasteiger partial charge in [0.25, 0.3) is 5.91 Å². The minimum absolute atomic E-state index is 0.0304. The zero-order chi connectivity index (χ0) is 18.6. The van der Waals surface area contributed by atoms with Crippen LogP contribution in [0.4, 0.5) is 4.39 Å². The van der Waals surface area contributed by atoms with Crippen LogP contribution in [-0.2, 0) is 11.3 Å². The monoisotopic (exact) mass is 383 g/mol. The van der Waals surface area contributed by atoms with E-state index in [1.807, 2.05) is 29.6 Å². The third-order valence-electron chi connectivity index (χ3n) is 3.74. The second-order valence-electron chi connectivity index (χ2n) is 5.58. The van der Waals surface area contributed by atoms with Crippen LogP contribution in [0.5, 0.6) is 5.75 Å². The molecule has 0 radical (unpaired) electrons. The quantitative estimate of drug-likeness (QED) is 0.554. The third kappa shape index (κ3) is 3.77. The molecular weight excluding hydrogens is 369 g/mol. The highest BCUT2D eigenvalue weighted by molar-refractivity contribution is 7.13. The van der Waals surface area contributed by atoms with E-state index in [0.717, 1.165) is 10.6 Å². The number of rotatable bonds is 6. The highest BCUT2D eigenvalue weighted by Crippen LogP contribution is 2.22. The van der Waals surface area contributed by atoms with Crippen molar-refractivity contribution in [2.75, 3.05) is 6.61 Å². The highest BCUT2D eigenvalue weighted by Gasteiger charge is 2.11. The number of nitrogens with one attached hydrogen (secondary N) is 1. The summed E-state index contributed by atoms with van der Waals surface area (Å²) in [7, 11) is 0. The molecule has 3 heterocycles. The molecule has 0 aliphatic rings. The van der Waals surface area contributed by atoms with Crippen molar-refractivity contribution in [2.24, 2.45) is 0 Å². The molecule has 0 unspecified atom stereocenters. The number of ether oxygens (including phenoxy) is 1. The van der Waals surface area contributed by atoms with Crippen LogP contribution in [-0.4, -0.2) is 32.3 Å². The lowest BCUT2D eigenvalue weighted by atomic mass is 10.3. The molecule has 0 aliphatic heterocycles. The predicted octanol–water partition coefficient (Wildman–Crippen LogP) is 2.69. The van der Waals surface area contributed by atoms with E-state index < -0.39 is 11.7 Å². The van der Waals surface area contributed by atoms with Crippen LogP contribution in [0.25, 0.3) is 16.2 Å². The molecule has 136 valence electrons. The summed E-state index contributed by atoms with van der Waals surface area (Å²) in [6.45, 7) is -0.174. The molecule has 1 amide bonds. The summed E-state index contributed by atoms with van der Waals surface area (Å²) in [4.78, 5) is 13.0. The molecule has 27 heavy (non-hydrogen) atoms. The Morgan fingerprint density at radius 1 is 1.15 bits per heavy atom. The smallest absolute Gasteiger partial charge is 0.258 e. The Balaban J connectivity index is 1.42. The van der Waals surface area contributed by atoms with Gasteiger partial charge in [-0.3, -0.25) is 4.79 Å². The topological polar surface area (TPSA) is 81.4 Å². The Hall–Kier alpha value is -3.33. The number of nitrogens with zero attached hydrogens (tertiary/aromatic N) is 4. The average molecular weight is 383 g/mol. The molecule has 0 aliphatic carbocycles. The van der Waals surface area contributed by atoms with Crippen molar-refractivity contribution in [1.29, 1.82) is 0 Å². The van der Waals surface area contributed by atoms with Crippen LogP contribution >= 0.6 is 11.3 Å². The van der Waals surface area contributed by atoms with Gasteiger partial charge in [0.15, 0.2) is 29.6 Å². The summed E-state index contributed by atoms with van der Waals surface area (Å²) in [6, 6.07) is 13.5. The van der Waals surface area contributed by atoms with Crippen LogP contribution in [0.1, 0.15) is 5.82 Å². The number of hydrogen-bond donors (Lipinski definition) is 1. The second kappa shape index (κ2) is 7.50. The van der Waals surface area contributed by atoms with Gasteiger partial charge >= 0.3 is 0 Å². The molecule has 0 saturated carbocycles. The zero-order valence-corrected chi connectivity index (χ0v) is 14.8. The lowest BCUT2D eigenvalue weighted by Gasteiger charge is -2.07. The molecular formula is C18H14FN5O2S. The first-order valence-corrected chi connectivity index (χ1v) is 8.98. The number of amides is 1. The lowest BCUT2D eigenvalue weighted by molar-refractivity contribution is -0.123. The Morgan fingerprint density at radius 2 is 2.04 bits per heavy atom. The number of halogens is 1. The molecule has 3 aromatic heterocycles. The Kier molecular flexibility index (Phi) is 4.75. The van der Waals surface area contributed by atoms with E-state index in [2.05, 4.69) is 20.6 Å². The maximum absolute atomic E-state index is 13.5. The first-order valence-electron chi connectivity index (χ1n) is 8.10. The molecule has 0 spiro atoms. The normalized spacial score (nSPS) is 10.9. The van der Waals surface area contributed by atoms with E-state index in [9.17, 15) is 9.18 Å². The van der Waals surface area contributed by atoms with Crippen LogP contribution in [0.3, 0.4) is 0 Å². The summed E-state index contributed by atoms with van der Waals surface area (Å²) < 4.78 is 20.3. The van der Waals surface area contributed by atoms with Gasteiger partial charge in [-0.1, -0.05) is 18.2 Å². The van der Waals surface area contributed by atoms with Gasteiger partial charge in [-0.25, -0.2) is 4.39 Å². The Labute approximate surface area is 157 Å². The van der Waals surface area contributed by atoms with Crippen molar-refractivity contribution < 1.29 is 13.9 Å². The minimum Gasteiger partial charge on any atom is -0.481 e. The van der Waals surface area contributed by atoms with E-state index in [0.29, 0.717) is 11.5 Å². The molecule has 7 nitrogen and oxygen atoms in total. The second-order valence-corrected chi connectivity index (χ2v) is 6.53. The fourth-order valence-corrected chi connectivity index (χ4v) is 3.12. The van der Waals surface area contributed by atoms with Gasteiger partial charge < -0.3 is 10.1 Å². The predicted molar refractivity (Wildman–Crippen MR) is 97.8 cm³/mol. The molecule has 0 fully saturated rings. The molecule has 4 rings (SSSR count). The minimum atomic E-state index is -0.515. The number of benzene rings is 1. The number of thiophene rings is 1. The summed E-state index contributed by atoms with van der Waals surface area (Å²) in [6.07, 6.45) is 0. The lowest BCUT2D eigenvalue weighted by Crippen LogP contribution is -2.29. The largest absolute Gasteiger partial charge is 0.481 e. The van der Waals surface area contributed by atoms with E-state index in [-0.39, 0.29) is 18.9 Å². The fraction of sp³-hybridized carbons (Fsp3) is 0.111. The van der Waals surface area contributed by atoms with Crippen molar-refractivity contribution in [3.05, 3.63) is 65.6 Å². The van der Waals surface area contributed by atoms with Gasteiger partial charge in [-0.05, 0) is 35.7 Å². The summed E-state index contributed by atoms with van der Waals surface area (Å²) in [5.41, 5.74) is 1.38. The molecule has 4 aromatic rings. The van der Waals surface area contributed by atoms with Gasteiger partial charge in [0, 0.05) is 0 Å². The molecule has 1 aromatic carbocycles. The number of fused-ring (bicyclic) bond motifs is 1. The van der Waals surface area contributed by atoms with Crippen molar-refractivity contribution in [2.45, 2.75) is 6.54 Å². The van der Waals surface area contributed by atoms with Crippen molar-refractivity contribution in [3.63, 3.8) is 0 Å². The Morgan fingerprint density at radius 3 is 2.85 bits per heavy atom. The average Bonchev–Trinajstić information content (AvgIpc) is 3.35. The highest BCUT2D eigenvalue weighted by atomic mass is 32.1. The third-order valence-corrected chi connectivity index (χ3v) is 4.63. The van der Waals surface area contributed by atoms with Crippen LogP contribution in [0.2, 0.25) is 0 Å². The molecule has 1 N–H and O–H groups in total. The summed E-state index contributed by atoms with van der Waals surface area (Å²) >= 11 is 1.58. The van der Waals surface area contributed by atoms with Gasteiger partial charge in [0.05, 0.1) is 11.4 Å². The Bertz CT molecular complexity index is 1080. The number of aromatic nitrogens is 4. The van der Waals surface area contributed by atoms with Gasteiger partial charge in [-0.2, -0.15) is 9.61 Å². The van der Waals surface area contributed by atoms with Gasteiger partial charge in [-0.15, -0.1) is 21.5 Å². The van der Waals surface area contributed by atoms with Crippen LogP contribution in [0.15, 0.2) is 53.9 Å². The molecule has 0 saturated heterocycles. The SMILES string of the molecule is O=C(COc1ccccc1F)NCc1nnc2ccc(-c3cccs3)nn12. The molecule has 0 bridgehead atoms. The maximum atomic E-state index is 13.5. The number of hydrogen-bond acceptors (Lipinski definition) is 6. The first-order chi connectivity index (χ1) is 13.2. The zero-order valence-electron chi connectivity index (χ0n) is 14.0. The number of carbonyl (C=O) groups is 1. The van der Waals surface area contributed by atoms with E-state index >= 15 is 0 Å². The van der Waals surface area contributed by atoms with E-state index in [1.54, 1.807) is 28.0 Å². The molecule has 0 atom stereocenters. The number of para-hydroxylation sites is 1. The summed E-state index contributed by atoms with van der Waals surface area (Å²) in [5, 5.41) is 17.3. The van der Waals surface area contributed by atoms with E-state index in [1.165, 1.54) is 12.1 Å². The standard InChI is InChI=1S/C18H14FN5O2S/c19-12-4-1-2-5-14(12)26-11-18(25)20-10-17-22-21-16-8-7-13(23-24(16)17)15-6-3-9-27-15/h1-9H,10-11H2,(H,20,25). The fourth-order valence-electron chi connectivity index (χ4n) is 2.43. The van der Waals surface area contributed by atoms with Crippen molar-refractivity contribution in [3.8, 4) is 16.3 Å². The van der Waals surface area contributed by atoms with E-state index in [4.69, 9.17) is 4.74 Å². The van der Waals surface area contributed by atoms with Gasteiger partial charge in [0.1, 0.15) is 5.69 Å². The van der Waals surface area contributed by atoms with Crippen molar-refractivity contribution >= 4 is 22.9 Å². The van der Waals surface area contributed by atoms with Crippen LogP contribution in [0, 0.1) is 5.82 Å². The first kappa shape index (κ1) is 17.1. The number of carbonyl (C=O) groups excluding carboxylic acids is 1. The van der Waals surface area contributed by atoms with Crippen molar-refractivity contribution in [1.82, 2.24) is 25.1 Å². The van der Waals surface area contributed by atoms with Crippen LogP contribution < -0.4 is 10.1 Å². The molecule has 9 heteroatoms. The maximum Gasteiger partial charge on any atom is 0.258 e. The summed E-state index contributed by atoms with van der Waals surface area (Å²) in [5.74, 6) is -0.394.